The Kier molecular flexibility index (Phi) is 3.13. The molecule has 78 valence electrons. The van der Waals surface area contributed by atoms with Gasteiger partial charge in [-0.05, 0) is 37.6 Å². The molecule has 0 aromatic heterocycles. The molecular weight excluding hydrogens is 202 g/mol. The van der Waals surface area contributed by atoms with Gasteiger partial charge < -0.3 is 4.74 Å². The summed E-state index contributed by atoms with van der Waals surface area (Å²) in [6.45, 7) is 4.20. The van der Waals surface area contributed by atoms with E-state index < -0.39 is 10.0 Å². The van der Waals surface area contributed by atoms with Crippen LogP contribution < -0.4 is 9.88 Å². The lowest BCUT2D eigenvalue weighted by molar-refractivity contribution is 0.337. The summed E-state index contributed by atoms with van der Waals surface area (Å²) in [5, 5.41) is 4.98. The molecule has 0 saturated heterocycles. The van der Waals surface area contributed by atoms with E-state index in [4.69, 9.17) is 9.88 Å². The van der Waals surface area contributed by atoms with E-state index in [-0.39, 0.29) is 4.90 Å². The van der Waals surface area contributed by atoms with Crippen molar-refractivity contribution in [2.75, 3.05) is 6.61 Å². The maximum absolute atomic E-state index is 11.0. The standard InChI is InChI=1S/C9H13NO3S/c1-3-13-9-5-4-8(6-7(9)2)14(10,11)12/h4-6H,3H2,1-2H3,(H2,10,11,12). The first-order chi connectivity index (χ1) is 6.45. The Morgan fingerprint density at radius 3 is 2.50 bits per heavy atom. The van der Waals surface area contributed by atoms with Crippen LogP contribution in [-0.2, 0) is 10.0 Å². The van der Waals surface area contributed by atoms with E-state index in [1.807, 2.05) is 6.92 Å². The number of hydrogen-bond donors (Lipinski definition) is 1. The minimum Gasteiger partial charge on any atom is -0.494 e. The van der Waals surface area contributed by atoms with Gasteiger partial charge in [0.15, 0.2) is 0 Å². The zero-order chi connectivity index (χ0) is 10.8. The van der Waals surface area contributed by atoms with Gasteiger partial charge in [-0.15, -0.1) is 0 Å². The van der Waals surface area contributed by atoms with Gasteiger partial charge in [-0.1, -0.05) is 0 Å². The van der Waals surface area contributed by atoms with E-state index in [1.54, 1.807) is 13.0 Å². The van der Waals surface area contributed by atoms with Crippen LogP contribution in [0.1, 0.15) is 12.5 Å². The lowest BCUT2D eigenvalue weighted by Gasteiger charge is -2.07. The van der Waals surface area contributed by atoms with Gasteiger partial charge in [0, 0.05) is 0 Å². The number of primary sulfonamides is 1. The van der Waals surface area contributed by atoms with Crippen LogP contribution in [0.25, 0.3) is 0 Å². The van der Waals surface area contributed by atoms with E-state index in [2.05, 4.69) is 0 Å². The lowest BCUT2D eigenvalue weighted by Crippen LogP contribution is -2.12. The third kappa shape index (κ3) is 2.46. The number of sulfonamides is 1. The van der Waals surface area contributed by atoms with Crippen molar-refractivity contribution >= 4 is 10.0 Å². The third-order valence-corrected chi connectivity index (χ3v) is 2.69. The molecule has 0 aliphatic rings. The van der Waals surface area contributed by atoms with Gasteiger partial charge in [0.1, 0.15) is 5.75 Å². The molecule has 0 saturated carbocycles. The largest absolute Gasteiger partial charge is 0.494 e. The highest BCUT2D eigenvalue weighted by Crippen LogP contribution is 2.20. The molecule has 0 aliphatic carbocycles. The molecule has 0 atom stereocenters. The maximum Gasteiger partial charge on any atom is 0.238 e. The second-order valence-electron chi connectivity index (χ2n) is 2.91. The number of hydrogen-bond acceptors (Lipinski definition) is 3. The Labute approximate surface area is 83.7 Å². The van der Waals surface area contributed by atoms with Crippen molar-refractivity contribution in [2.24, 2.45) is 5.14 Å². The zero-order valence-corrected chi connectivity index (χ0v) is 8.97. The van der Waals surface area contributed by atoms with Crippen molar-refractivity contribution in [1.82, 2.24) is 0 Å². The van der Waals surface area contributed by atoms with Crippen molar-refractivity contribution in [3.8, 4) is 5.75 Å². The van der Waals surface area contributed by atoms with Gasteiger partial charge in [-0.25, -0.2) is 13.6 Å². The molecule has 2 N–H and O–H groups in total. The summed E-state index contributed by atoms with van der Waals surface area (Å²) < 4.78 is 27.3. The molecule has 0 bridgehead atoms. The average molecular weight is 215 g/mol. The summed E-state index contributed by atoms with van der Waals surface area (Å²) in [6.07, 6.45) is 0. The highest BCUT2D eigenvalue weighted by Gasteiger charge is 2.09. The molecule has 0 aliphatic heterocycles. The molecule has 1 rings (SSSR count). The zero-order valence-electron chi connectivity index (χ0n) is 8.15. The summed E-state index contributed by atoms with van der Waals surface area (Å²) in [6, 6.07) is 4.55. The Hall–Kier alpha value is -1.07. The lowest BCUT2D eigenvalue weighted by atomic mass is 10.2. The van der Waals surface area contributed by atoms with Gasteiger partial charge in [0.2, 0.25) is 10.0 Å². The minimum absolute atomic E-state index is 0.110. The summed E-state index contributed by atoms with van der Waals surface area (Å²) >= 11 is 0. The van der Waals surface area contributed by atoms with Crippen molar-refractivity contribution in [3.63, 3.8) is 0 Å². The first-order valence-corrected chi connectivity index (χ1v) is 5.76. The molecule has 1 aromatic rings. The monoisotopic (exact) mass is 215 g/mol. The molecule has 4 nitrogen and oxygen atoms in total. The number of nitrogens with two attached hydrogens (primary N) is 1. The highest BCUT2D eigenvalue weighted by atomic mass is 32.2. The van der Waals surface area contributed by atoms with Crippen LogP contribution in [0, 0.1) is 6.92 Å². The van der Waals surface area contributed by atoms with Crippen molar-refractivity contribution in [3.05, 3.63) is 23.8 Å². The van der Waals surface area contributed by atoms with E-state index in [0.717, 1.165) is 5.56 Å². The van der Waals surface area contributed by atoms with Crippen molar-refractivity contribution in [2.45, 2.75) is 18.7 Å². The summed E-state index contributed by atoms with van der Waals surface area (Å²) in [7, 11) is -3.61. The van der Waals surface area contributed by atoms with Crippen molar-refractivity contribution < 1.29 is 13.2 Å². The molecule has 14 heavy (non-hydrogen) atoms. The summed E-state index contributed by atoms with van der Waals surface area (Å²) in [5.74, 6) is 0.680. The van der Waals surface area contributed by atoms with Crippen LogP contribution in [-0.4, -0.2) is 15.0 Å². The van der Waals surface area contributed by atoms with Gasteiger partial charge in [0.05, 0.1) is 11.5 Å². The number of ether oxygens (including phenoxy) is 1. The van der Waals surface area contributed by atoms with Crippen LogP contribution in [0.4, 0.5) is 0 Å². The van der Waals surface area contributed by atoms with E-state index >= 15 is 0 Å². The number of rotatable bonds is 3. The van der Waals surface area contributed by atoms with Gasteiger partial charge >= 0.3 is 0 Å². The quantitative estimate of drug-likeness (QED) is 0.819. The fourth-order valence-corrected chi connectivity index (χ4v) is 1.72. The fourth-order valence-electron chi connectivity index (χ4n) is 1.12. The van der Waals surface area contributed by atoms with Crippen LogP contribution in [0.5, 0.6) is 5.75 Å². The average Bonchev–Trinajstić information content (AvgIpc) is 2.07. The normalized spacial score (nSPS) is 11.4. The highest BCUT2D eigenvalue weighted by molar-refractivity contribution is 7.89. The summed E-state index contributed by atoms with van der Waals surface area (Å²) in [4.78, 5) is 0.110. The molecule has 0 heterocycles. The van der Waals surface area contributed by atoms with Crippen LogP contribution in [0.15, 0.2) is 23.1 Å². The molecule has 0 amide bonds. The smallest absolute Gasteiger partial charge is 0.238 e. The molecule has 5 heteroatoms. The van der Waals surface area contributed by atoms with Gasteiger partial charge in [0.25, 0.3) is 0 Å². The van der Waals surface area contributed by atoms with E-state index in [0.29, 0.717) is 12.4 Å². The second kappa shape index (κ2) is 3.98. The molecule has 0 spiro atoms. The minimum atomic E-state index is -3.61. The van der Waals surface area contributed by atoms with Crippen molar-refractivity contribution in [1.29, 1.82) is 0 Å². The fraction of sp³-hybridized carbons (Fsp3) is 0.333. The van der Waals surface area contributed by atoms with Crippen LogP contribution in [0.2, 0.25) is 0 Å². The first kappa shape index (κ1) is 11.0. The van der Waals surface area contributed by atoms with E-state index in [1.165, 1.54) is 12.1 Å². The molecule has 0 fully saturated rings. The third-order valence-electron chi connectivity index (χ3n) is 1.77. The maximum atomic E-state index is 11.0. The molecule has 0 unspecified atom stereocenters. The second-order valence-corrected chi connectivity index (χ2v) is 4.47. The van der Waals surface area contributed by atoms with Crippen LogP contribution >= 0.6 is 0 Å². The predicted octanol–water partition coefficient (Wildman–Crippen LogP) is 1.04. The van der Waals surface area contributed by atoms with Gasteiger partial charge in [-0.3, -0.25) is 0 Å². The number of aryl methyl sites for hydroxylation is 1. The van der Waals surface area contributed by atoms with Gasteiger partial charge in [-0.2, -0.15) is 0 Å². The van der Waals surface area contributed by atoms with E-state index in [9.17, 15) is 8.42 Å². The Morgan fingerprint density at radius 2 is 2.07 bits per heavy atom. The Balaban J connectivity index is 3.13. The SMILES string of the molecule is CCOc1ccc(S(N)(=O)=O)cc1C. The topological polar surface area (TPSA) is 69.4 Å². The number of benzene rings is 1. The van der Waals surface area contributed by atoms with Crippen LogP contribution in [0.3, 0.4) is 0 Å². The molecule has 0 radical (unpaired) electrons. The molecular formula is C9H13NO3S. The predicted molar refractivity (Wildman–Crippen MR) is 53.7 cm³/mol. The molecule has 1 aromatic carbocycles. The Bertz CT molecular complexity index is 426. The first-order valence-electron chi connectivity index (χ1n) is 4.21. The summed E-state index contributed by atoms with van der Waals surface area (Å²) in [5.41, 5.74) is 0.762. The Morgan fingerprint density at radius 1 is 1.43 bits per heavy atom.